The van der Waals surface area contributed by atoms with E-state index in [0.29, 0.717) is 11.5 Å². The molecule has 0 aliphatic rings. The molecule has 8 heteroatoms. The fourth-order valence-corrected chi connectivity index (χ4v) is 2.39. The normalized spacial score (nSPS) is 11.1. The largest absolute Gasteiger partial charge is 0.359 e. The van der Waals surface area contributed by atoms with Gasteiger partial charge in [0.05, 0.1) is 5.39 Å². The Kier molecular flexibility index (Phi) is 2.86. The van der Waals surface area contributed by atoms with Gasteiger partial charge < -0.3 is 9.84 Å². The molecule has 3 aromatic rings. The maximum Gasteiger partial charge on any atom is 0.161 e. The molecule has 98 valence electrons. The van der Waals surface area contributed by atoms with Crippen molar-refractivity contribution in [2.45, 2.75) is 18.9 Å². The second-order valence-corrected chi connectivity index (χ2v) is 4.80. The SMILES string of the molecule is CSc1n[nH]c2ncnc(Nc3c(C)noc3C)c12. The fourth-order valence-electron chi connectivity index (χ4n) is 1.85. The topological polar surface area (TPSA) is 92.5 Å². The van der Waals surface area contributed by atoms with E-state index >= 15 is 0 Å². The lowest BCUT2D eigenvalue weighted by Crippen LogP contribution is -1.97. The quantitative estimate of drug-likeness (QED) is 0.709. The van der Waals surface area contributed by atoms with Gasteiger partial charge in [-0.15, -0.1) is 11.8 Å². The molecule has 0 amide bonds. The highest BCUT2D eigenvalue weighted by Gasteiger charge is 2.15. The summed E-state index contributed by atoms with van der Waals surface area (Å²) in [5.41, 5.74) is 2.32. The van der Waals surface area contributed by atoms with Crippen molar-refractivity contribution in [3.05, 3.63) is 17.8 Å². The molecule has 2 N–H and O–H groups in total. The highest BCUT2D eigenvalue weighted by atomic mass is 32.2. The standard InChI is InChI=1S/C11H12N6OS/c1-5-8(6(2)18-17-5)14-9-7-10(13-4-12-9)15-16-11(7)19-3/h4H,1-3H3,(H2,12,13,14,15,16). The molecule has 0 spiro atoms. The minimum Gasteiger partial charge on any atom is -0.359 e. The molecule has 0 saturated carbocycles. The van der Waals surface area contributed by atoms with Crippen LogP contribution < -0.4 is 5.32 Å². The molecular weight excluding hydrogens is 264 g/mol. The molecule has 0 atom stereocenters. The Bertz CT molecular complexity index is 714. The summed E-state index contributed by atoms with van der Waals surface area (Å²) < 4.78 is 5.13. The Morgan fingerprint density at radius 1 is 1.32 bits per heavy atom. The van der Waals surface area contributed by atoms with Crippen molar-refractivity contribution in [3.8, 4) is 0 Å². The number of nitrogens with zero attached hydrogens (tertiary/aromatic N) is 4. The van der Waals surface area contributed by atoms with Crippen molar-refractivity contribution in [2.24, 2.45) is 0 Å². The van der Waals surface area contributed by atoms with Gasteiger partial charge in [0.1, 0.15) is 28.6 Å². The average molecular weight is 276 g/mol. The van der Waals surface area contributed by atoms with Crippen LogP contribution >= 0.6 is 11.8 Å². The van der Waals surface area contributed by atoms with E-state index in [1.165, 1.54) is 18.1 Å². The van der Waals surface area contributed by atoms with Gasteiger partial charge in [0.2, 0.25) is 0 Å². The summed E-state index contributed by atoms with van der Waals surface area (Å²) in [6.07, 6.45) is 3.45. The van der Waals surface area contributed by atoms with Crippen LogP contribution in [0.4, 0.5) is 11.5 Å². The van der Waals surface area contributed by atoms with Gasteiger partial charge >= 0.3 is 0 Å². The summed E-state index contributed by atoms with van der Waals surface area (Å²) in [7, 11) is 0. The van der Waals surface area contributed by atoms with E-state index in [0.717, 1.165) is 27.6 Å². The maximum atomic E-state index is 5.13. The number of aromatic nitrogens is 5. The van der Waals surface area contributed by atoms with Crippen LogP contribution in [-0.2, 0) is 0 Å². The van der Waals surface area contributed by atoms with E-state index in [1.807, 2.05) is 20.1 Å². The van der Waals surface area contributed by atoms with E-state index in [9.17, 15) is 0 Å². The first kappa shape index (κ1) is 12.0. The lowest BCUT2D eigenvalue weighted by atomic mass is 10.3. The molecular formula is C11H12N6OS. The van der Waals surface area contributed by atoms with Crippen LogP contribution in [0.15, 0.2) is 15.9 Å². The Morgan fingerprint density at radius 3 is 2.84 bits per heavy atom. The molecule has 0 aliphatic heterocycles. The third-order valence-corrected chi connectivity index (χ3v) is 3.48. The van der Waals surface area contributed by atoms with Crippen LogP contribution in [0.2, 0.25) is 0 Å². The zero-order valence-electron chi connectivity index (χ0n) is 10.7. The maximum absolute atomic E-state index is 5.13. The van der Waals surface area contributed by atoms with Crippen molar-refractivity contribution in [1.29, 1.82) is 0 Å². The highest BCUT2D eigenvalue weighted by molar-refractivity contribution is 7.98. The number of rotatable bonds is 3. The number of thioether (sulfide) groups is 1. The minimum absolute atomic E-state index is 0.692. The van der Waals surface area contributed by atoms with Gasteiger partial charge in [0.25, 0.3) is 0 Å². The number of fused-ring (bicyclic) bond motifs is 1. The Labute approximate surface area is 113 Å². The molecule has 0 radical (unpaired) electrons. The number of hydrogen-bond acceptors (Lipinski definition) is 7. The molecule has 0 aliphatic carbocycles. The summed E-state index contributed by atoms with van der Waals surface area (Å²) in [6.45, 7) is 3.73. The number of aromatic amines is 1. The molecule has 7 nitrogen and oxygen atoms in total. The van der Waals surface area contributed by atoms with Gasteiger partial charge in [0, 0.05) is 0 Å². The monoisotopic (exact) mass is 276 g/mol. The summed E-state index contributed by atoms with van der Waals surface area (Å²) >= 11 is 1.54. The first-order valence-corrected chi connectivity index (χ1v) is 6.86. The number of aryl methyl sites for hydroxylation is 2. The van der Waals surface area contributed by atoms with Gasteiger partial charge in [-0.05, 0) is 20.1 Å². The van der Waals surface area contributed by atoms with E-state index in [2.05, 4.69) is 30.6 Å². The molecule has 3 aromatic heterocycles. The van der Waals surface area contributed by atoms with Crippen molar-refractivity contribution in [3.63, 3.8) is 0 Å². The second-order valence-electron chi connectivity index (χ2n) is 4.00. The van der Waals surface area contributed by atoms with Gasteiger partial charge in [-0.25, -0.2) is 9.97 Å². The van der Waals surface area contributed by atoms with Gasteiger partial charge in [0.15, 0.2) is 11.4 Å². The molecule has 19 heavy (non-hydrogen) atoms. The molecule has 0 unspecified atom stereocenters. The zero-order chi connectivity index (χ0) is 13.4. The van der Waals surface area contributed by atoms with Crippen LogP contribution in [-0.4, -0.2) is 31.6 Å². The Balaban J connectivity index is 2.13. The molecule has 0 aromatic carbocycles. The smallest absolute Gasteiger partial charge is 0.161 e. The zero-order valence-corrected chi connectivity index (χ0v) is 11.5. The number of anilines is 2. The van der Waals surface area contributed by atoms with Crippen molar-refractivity contribution in [2.75, 3.05) is 11.6 Å². The molecule has 0 fully saturated rings. The van der Waals surface area contributed by atoms with E-state index in [1.54, 1.807) is 0 Å². The second kappa shape index (κ2) is 4.54. The molecule has 0 bridgehead atoms. The van der Waals surface area contributed by atoms with Crippen molar-refractivity contribution >= 4 is 34.3 Å². The van der Waals surface area contributed by atoms with E-state index < -0.39 is 0 Å². The van der Waals surface area contributed by atoms with Crippen molar-refractivity contribution in [1.82, 2.24) is 25.3 Å². The average Bonchev–Trinajstić information content (AvgIpc) is 2.97. The predicted octanol–water partition coefficient (Wildman–Crippen LogP) is 2.42. The number of hydrogen-bond donors (Lipinski definition) is 2. The van der Waals surface area contributed by atoms with Gasteiger partial charge in [-0.3, -0.25) is 5.10 Å². The Hall–Kier alpha value is -2.09. The predicted molar refractivity (Wildman–Crippen MR) is 72.7 cm³/mol. The Morgan fingerprint density at radius 2 is 2.16 bits per heavy atom. The van der Waals surface area contributed by atoms with Crippen molar-refractivity contribution < 1.29 is 4.52 Å². The third kappa shape index (κ3) is 1.93. The molecule has 3 rings (SSSR count). The molecule has 3 heterocycles. The lowest BCUT2D eigenvalue weighted by Gasteiger charge is -2.05. The number of H-pyrrole nitrogens is 1. The summed E-state index contributed by atoms with van der Waals surface area (Å²) in [5, 5.41) is 16.0. The summed E-state index contributed by atoms with van der Waals surface area (Å²) in [6, 6.07) is 0. The van der Waals surface area contributed by atoms with E-state index in [4.69, 9.17) is 4.52 Å². The lowest BCUT2D eigenvalue weighted by molar-refractivity contribution is 0.393. The fraction of sp³-hybridized carbons (Fsp3) is 0.273. The van der Waals surface area contributed by atoms with Crippen LogP contribution in [0.25, 0.3) is 11.0 Å². The molecule has 0 saturated heterocycles. The van der Waals surface area contributed by atoms with Crippen LogP contribution in [0.5, 0.6) is 0 Å². The highest BCUT2D eigenvalue weighted by Crippen LogP contribution is 2.31. The van der Waals surface area contributed by atoms with Crippen LogP contribution in [0, 0.1) is 13.8 Å². The minimum atomic E-state index is 0.692. The van der Waals surface area contributed by atoms with E-state index in [-0.39, 0.29) is 0 Å². The summed E-state index contributed by atoms with van der Waals surface area (Å²) in [5.74, 6) is 1.41. The van der Waals surface area contributed by atoms with Gasteiger partial charge in [-0.2, -0.15) is 5.10 Å². The van der Waals surface area contributed by atoms with Crippen LogP contribution in [0.1, 0.15) is 11.5 Å². The first-order chi connectivity index (χ1) is 9.20. The summed E-state index contributed by atoms with van der Waals surface area (Å²) in [4.78, 5) is 8.44. The number of nitrogens with one attached hydrogen (secondary N) is 2. The van der Waals surface area contributed by atoms with Gasteiger partial charge in [-0.1, -0.05) is 5.16 Å². The first-order valence-electron chi connectivity index (χ1n) is 5.63. The van der Waals surface area contributed by atoms with Crippen LogP contribution in [0.3, 0.4) is 0 Å². The third-order valence-electron chi connectivity index (χ3n) is 2.79.